The van der Waals surface area contributed by atoms with E-state index in [1.54, 1.807) is 0 Å². The number of hydrogen-bond donors (Lipinski definition) is 2. The van der Waals surface area contributed by atoms with Crippen molar-refractivity contribution in [1.82, 2.24) is 29.5 Å². The maximum absolute atomic E-state index is 14.2. The SMILES string of the molecule is CCN1CCN(C(C)c2c(C)c(C(=O)NCc3c(=O)[nH]c(C)c4ccccc34)cc3c(-c4ccc(N5CCC(C)CC5)nc4)ccn23)CC1. The van der Waals surface area contributed by atoms with Gasteiger partial charge in [-0.05, 0) is 81.3 Å². The van der Waals surface area contributed by atoms with Crippen LogP contribution in [0.1, 0.15) is 72.5 Å². The van der Waals surface area contributed by atoms with E-state index in [-0.39, 0.29) is 24.1 Å². The molecule has 1 unspecified atom stereocenters. The Labute approximate surface area is 288 Å². The van der Waals surface area contributed by atoms with Crippen molar-refractivity contribution in [3.8, 4) is 11.1 Å². The van der Waals surface area contributed by atoms with Gasteiger partial charge in [0.05, 0.1) is 5.52 Å². The lowest BCUT2D eigenvalue weighted by Crippen LogP contribution is -2.47. The number of fused-ring (bicyclic) bond motifs is 2. The Morgan fingerprint density at radius 1 is 1.00 bits per heavy atom. The van der Waals surface area contributed by atoms with Crippen LogP contribution in [-0.2, 0) is 6.54 Å². The number of anilines is 1. The van der Waals surface area contributed by atoms with Crippen LogP contribution in [0, 0.1) is 19.8 Å². The fourth-order valence-corrected chi connectivity index (χ4v) is 7.92. The molecule has 2 aliphatic rings. The first-order valence-electron chi connectivity index (χ1n) is 17.9. The highest BCUT2D eigenvalue weighted by Gasteiger charge is 2.28. The number of benzene rings is 1. The Balaban J connectivity index is 1.26. The van der Waals surface area contributed by atoms with Crippen molar-refractivity contribution in [3.63, 3.8) is 0 Å². The lowest BCUT2D eigenvalue weighted by molar-refractivity contribution is 0.0947. The van der Waals surface area contributed by atoms with Gasteiger partial charge in [-0.1, -0.05) is 38.1 Å². The van der Waals surface area contributed by atoms with Crippen molar-refractivity contribution < 1.29 is 4.79 Å². The average Bonchev–Trinajstić information content (AvgIpc) is 3.55. The van der Waals surface area contributed by atoms with Crippen molar-refractivity contribution in [2.45, 2.75) is 60.0 Å². The molecule has 6 heterocycles. The van der Waals surface area contributed by atoms with E-state index in [1.807, 2.05) is 43.5 Å². The fraction of sp³-hybridized carbons (Fsp3) is 0.425. The number of hydrogen-bond acceptors (Lipinski definition) is 6. The Morgan fingerprint density at radius 2 is 1.73 bits per heavy atom. The van der Waals surface area contributed by atoms with E-state index in [0.29, 0.717) is 11.1 Å². The van der Waals surface area contributed by atoms with E-state index in [4.69, 9.17) is 4.98 Å². The zero-order chi connectivity index (χ0) is 34.2. The smallest absolute Gasteiger partial charge is 0.253 e. The molecule has 4 aromatic heterocycles. The molecule has 9 heteroatoms. The van der Waals surface area contributed by atoms with Crippen LogP contribution in [0.3, 0.4) is 0 Å². The quantitative estimate of drug-likeness (QED) is 0.203. The van der Waals surface area contributed by atoms with Crippen molar-refractivity contribution in [1.29, 1.82) is 0 Å². The van der Waals surface area contributed by atoms with Crippen molar-refractivity contribution in [3.05, 3.63) is 99.4 Å². The number of nitrogens with one attached hydrogen (secondary N) is 2. The molecule has 2 fully saturated rings. The second-order valence-corrected chi connectivity index (χ2v) is 14.1. The normalized spacial score (nSPS) is 17.2. The van der Waals surface area contributed by atoms with Gasteiger partial charge in [0.15, 0.2) is 0 Å². The van der Waals surface area contributed by atoms with Gasteiger partial charge in [0.2, 0.25) is 0 Å². The summed E-state index contributed by atoms with van der Waals surface area (Å²) in [5.74, 6) is 1.60. The Bertz CT molecular complexity index is 2030. The van der Waals surface area contributed by atoms with Gasteiger partial charge in [-0.15, -0.1) is 0 Å². The van der Waals surface area contributed by atoms with Gasteiger partial charge in [0.25, 0.3) is 11.5 Å². The van der Waals surface area contributed by atoms with Gasteiger partial charge in [-0.3, -0.25) is 14.5 Å². The van der Waals surface area contributed by atoms with Crippen LogP contribution in [0.15, 0.2) is 65.7 Å². The highest BCUT2D eigenvalue weighted by molar-refractivity contribution is 5.99. The Morgan fingerprint density at radius 3 is 2.43 bits per heavy atom. The largest absolute Gasteiger partial charge is 0.357 e. The van der Waals surface area contributed by atoms with Crippen LogP contribution in [0.2, 0.25) is 0 Å². The van der Waals surface area contributed by atoms with Crippen LogP contribution in [0.4, 0.5) is 5.82 Å². The molecule has 49 heavy (non-hydrogen) atoms. The van der Waals surface area contributed by atoms with Crippen molar-refractivity contribution in [2.75, 3.05) is 50.7 Å². The standard InChI is InChI=1S/C40H49N7O2/c1-6-44-19-21-45(22-20-44)29(5)38-27(3)34(39(48)42-25-35-33-10-8-7-9-31(33)28(4)43-40(35)49)23-36-32(15-18-47(36)38)30-11-12-37(41-24-30)46-16-13-26(2)14-17-46/h7-12,15,18,23-24,26,29H,6,13-14,16-17,19-22,25H2,1-5H3,(H,42,48)(H,43,49). The molecular weight excluding hydrogens is 610 g/mol. The summed E-state index contributed by atoms with van der Waals surface area (Å²) in [5.41, 5.74) is 6.96. The molecule has 0 radical (unpaired) electrons. The summed E-state index contributed by atoms with van der Waals surface area (Å²) >= 11 is 0. The van der Waals surface area contributed by atoms with E-state index >= 15 is 0 Å². The lowest BCUT2D eigenvalue weighted by atomic mass is 9.98. The first-order valence-corrected chi connectivity index (χ1v) is 17.9. The van der Waals surface area contributed by atoms with E-state index in [1.165, 1.54) is 12.8 Å². The van der Waals surface area contributed by atoms with Crippen LogP contribution in [0.5, 0.6) is 0 Å². The Kier molecular flexibility index (Phi) is 9.31. The second-order valence-electron chi connectivity index (χ2n) is 14.1. The van der Waals surface area contributed by atoms with E-state index in [9.17, 15) is 9.59 Å². The molecule has 0 aliphatic carbocycles. The number of carbonyl (C=O) groups excluding carboxylic acids is 1. The number of rotatable bonds is 8. The van der Waals surface area contributed by atoms with Gasteiger partial charge in [-0.25, -0.2) is 4.98 Å². The van der Waals surface area contributed by atoms with Crippen molar-refractivity contribution >= 4 is 28.0 Å². The van der Waals surface area contributed by atoms with Gasteiger partial charge < -0.3 is 24.5 Å². The molecule has 1 atom stereocenters. The van der Waals surface area contributed by atoms with Gasteiger partial charge in [0, 0.05) is 103 Å². The highest BCUT2D eigenvalue weighted by atomic mass is 16.1. The first kappa shape index (κ1) is 33.0. The molecule has 2 saturated heterocycles. The molecule has 7 rings (SSSR count). The number of pyridine rings is 3. The zero-order valence-corrected chi connectivity index (χ0v) is 29.6. The van der Waals surface area contributed by atoms with E-state index in [0.717, 1.165) is 102 Å². The average molecular weight is 660 g/mol. The number of piperazine rings is 1. The predicted molar refractivity (Wildman–Crippen MR) is 199 cm³/mol. The summed E-state index contributed by atoms with van der Waals surface area (Å²) < 4.78 is 2.27. The zero-order valence-electron chi connectivity index (χ0n) is 29.6. The number of H-pyrrole nitrogens is 1. The summed E-state index contributed by atoms with van der Waals surface area (Å²) in [7, 11) is 0. The molecule has 0 saturated carbocycles. The molecule has 1 aromatic carbocycles. The van der Waals surface area contributed by atoms with Crippen LogP contribution in [-0.4, -0.2) is 75.9 Å². The predicted octanol–water partition coefficient (Wildman–Crippen LogP) is 6.32. The molecule has 1 amide bonds. The third-order valence-corrected chi connectivity index (χ3v) is 11.1. The summed E-state index contributed by atoms with van der Waals surface area (Å²) in [6.45, 7) is 18.1. The maximum atomic E-state index is 14.2. The number of likely N-dealkylation sites (N-methyl/N-ethyl adjacent to an activating group) is 1. The van der Waals surface area contributed by atoms with Crippen molar-refractivity contribution in [2.24, 2.45) is 5.92 Å². The van der Waals surface area contributed by atoms with Crippen LogP contribution in [0.25, 0.3) is 27.4 Å². The van der Waals surface area contributed by atoms with Crippen LogP contribution >= 0.6 is 0 Å². The molecule has 0 bridgehead atoms. The third kappa shape index (κ3) is 6.37. The molecule has 2 N–H and O–H groups in total. The summed E-state index contributed by atoms with van der Waals surface area (Å²) in [6.07, 6.45) is 6.51. The molecule has 2 aliphatic heterocycles. The number of aromatic nitrogens is 3. The topological polar surface area (TPSA) is 89.0 Å². The number of amides is 1. The number of carbonyl (C=O) groups is 1. The van der Waals surface area contributed by atoms with E-state index in [2.05, 4.69) is 81.5 Å². The molecule has 256 valence electrons. The monoisotopic (exact) mass is 659 g/mol. The van der Waals surface area contributed by atoms with Crippen LogP contribution < -0.4 is 15.8 Å². The fourth-order valence-electron chi connectivity index (χ4n) is 7.92. The summed E-state index contributed by atoms with van der Waals surface area (Å²) in [6, 6.07) is 16.4. The van der Waals surface area contributed by atoms with E-state index < -0.39 is 0 Å². The summed E-state index contributed by atoms with van der Waals surface area (Å²) in [5, 5.41) is 4.97. The molecule has 5 aromatic rings. The van der Waals surface area contributed by atoms with Gasteiger partial charge in [0.1, 0.15) is 5.82 Å². The maximum Gasteiger partial charge on any atom is 0.253 e. The number of aromatic amines is 1. The summed E-state index contributed by atoms with van der Waals surface area (Å²) in [4.78, 5) is 42.5. The Hall–Kier alpha value is -4.47. The van der Waals surface area contributed by atoms with Gasteiger partial charge >= 0.3 is 0 Å². The molecule has 9 nitrogen and oxygen atoms in total. The lowest BCUT2D eigenvalue weighted by Gasteiger charge is -2.38. The molecular formula is C40H49N7O2. The van der Waals surface area contributed by atoms with Gasteiger partial charge in [-0.2, -0.15) is 0 Å². The first-order chi connectivity index (χ1) is 23.7. The number of nitrogens with zero attached hydrogens (tertiary/aromatic N) is 5. The third-order valence-electron chi connectivity index (χ3n) is 11.1. The minimum atomic E-state index is -0.187. The highest BCUT2D eigenvalue weighted by Crippen LogP contribution is 2.34. The number of aryl methyl sites for hydroxylation is 1. The number of piperidine rings is 1. The minimum Gasteiger partial charge on any atom is -0.357 e. The second kappa shape index (κ2) is 13.8. The minimum absolute atomic E-state index is 0.0976. The molecule has 0 spiro atoms.